The van der Waals surface area contributed by atoms with Crippen LogP contribution in [0, 0.1) is 0 Å². The van der Waals surface area contributed by atoms with Gasteiger partial charge in [-0.2, -0.15) is 0 Å². The van der Waals surface area contributed by atoms with Gasteiger partial charge in [-0.1, -0.05) is 0 Å². The van der Waals surface area contributed by atoms with Crippen LogP contribution >= 0.6 is 0 Å². The highest BCUT2D eigenvalue weighted by Crippen LogP contribution is 2.52. The summed E-state index contributed by atoms with van der Waals surface area (Å²) < 4.78 is 5.22. The summed E-state index contributed by atoms with van der Waals surface area (Å²) >= 11 is 0. The first-order valence-corrected chi connectivity index (χ1v) is 8.74. The molecule has 1 fully saturated rings. The zero-order chi connectivity index (χ0) is 22.3. The van der Waals surface area contributed by atoms with Crippen LogP contribution in [-0.2, 0) is 4.74 Å². The lowest BCUT2D eigenvalue weighted by Gasteiger charge is -2.40. The topological polar surface area (TPSA) is 208 Å². The zero-order valence-electron chi connectivity index (χ0n) is 15.2. The SMILES string of the molecule is O=C(c1ccc(O)cc1)c1c(O)c(O)c(C2OC(CO)C(O)C(O)C2O)c(O)c1O. The third kappa shape index (κ3) is 3.38. The van der Waals surface area contributed by atoms with Crippen molar-refractivity contribution in [2.24, 2.45) is 0 Å². The summed E-state index contributed by atoms with van der Waals surface area (Å²) in [4.78, 5) is 12.6. The largest absolute Gasteiger partial charge is 0.508 e. The number of rotatable bonds is 4. The van der Waals surface area contributed by atoms with E-state index >= 15 is 0 Å². The average Bonchev–Trinajstić information content (AvgIpc) is 2.73. The standard InChI is InChI=1S/C19H20O11/c20-5-8-12(23)17(28)18(29)19(30-8)10-15(26)13(24)9(14(25)16(10)27)11(22)6-1-3-7(21)4-2-6/h1-4,8,12,17-21,23-29H,5H2. The van der Waals surface area contributed by atoms with Gasteiger partial charge in [0.1, 0.15) is 41.8 Å². The normalized spacial score (nSPS) is 26.5. The van der Waals surface area contributed by atoms with Crippen molar-refractivity contribution in [2.75, 3.05) is 6.61 Å². The van der Waals surface area contributed by atoms with Gasteiger partial charge in [-0.15, -0.1) is 0 Å². The fourth-order valence-corrected chi connectivity index (χ4v) is 3.30. The lowest BCUT2D eigenvalue weighted by molar-refractivity contribution is -0.232. The molecule has 9 N–H and O–H groups in total. The highest BCUT2D eigenvalue weighted by Gasteiger charge is 2.47. The summed E-state index contributed by atoms with van der Waals surface area (Å²) in [5, 5.41) is 90.0. The van der Waals surface area contributed by atoms with Gasteiger partial charge in [0, 0.05) is 5.56 Å². The van der Waals surface area contributed by atoms with Crippen LogP contribution in [-0.4, -0.2) is 82.8 Å². The Morgan fingerprint density at radius 2 is 1.33 bits per heavy atom. The van der Waals surface area contributed by atoms with Gasteiger partial charge >= 0.3 is 0 Å². The van der Waals surface area contributed by atoms with E-state index in [9.17, 15) is 50.8 Å². The lowest BCUT2D eigenvalue weighted by Crippen LogP contribution is -2.55. The Labute approximate surface area is 168 Å². The van der Waals surface area contributed by atoms with Gasteiger partial charge in [0.15, 0.2) is 23.0 Å². The molecule has 0 amide bonds. The van der Waals surface area contributed by atoms with E-state index in [0.29, 0.717) is 0 Å². The molecule has 0 spiro atoms. The van der Waals surface area contributed by atoms with Gasteiger partial charge in [0.05, 0.1) is 12.2 Å². The van der Waals surface area contributed by atoms with Crippen LogP contribution in [0.3, 0.4) is 0 Å². The van der Waals surface area contributed by atoms with Gasteiger partial charge in [-0.25, -0.2) is 0 Å². The number of ketones is 1. The Morgan fingerprint density at radius 3 is 1.83 bits per heavy atom. The third-order valence-corrected chi connectivity index (χ3v) is 4.97. The van der Waals surface area contributed by atoms with E-state index < -0.39 is 77.0 Å². The Kier molecular flexibility index (Phi) is 5.74. The van der Waals surface area contributed by atoms with Crippen LogP contribution in [0.25, 0.3) is 0 Å². The van der Waals surface area contributed by atoms with Gasteiger partial charge in [-0.3, -0.25) is 4.79 Å². The molecule has 1 saturated heterocycles. The predicted octanol–water partition coefficient (Wildman–Crippen LogP) is -1.04. The minimum atomic E-state index is -1.93. The molecular formula is C19H20O11. The summed E-state index contributed by atoms with van der Waals surface area (Å²) in [7, 11) is 0. The summed E-state index contributed by atoms with van der Waals surface area (Å²) in [5.41, 5.74) is -1.72. The molecule has 1 aliphatic heterocycles. The molecule has 0 radical (unpaired) electrons. The van der Waals surface area contributed by atoms with Crippen molar-refractivity contribution in [2.45, 2.75) is 30.5 Å². The summed E-state index contributed by atoms with van der Waals surface area (Å²) in [6.45, 7) is -0.793. The monoisotopic (exact) mass is 424 g/mol. The smallest absolute Gasteiger partial charge is 0.200 e. The minimum Gasteiger partial charge on any atom is -0.508 e. The molecule has 3 rings (SSSR count). The van der Waals surface area contributed by atoms with Crippen molar-refractivity contribution in [3.8, 4) is 28.7 Å². The number of phenols is 5. The Hall–Kier alpha value is -3.09. The number of carbonyl (C=O) groups is 1. The molecule has 1 heterocycles. The maximum absolute atomic E-state index is 12.6. The fourth-order valence-electron chi connectivity index (χ4n) is 3.30. The quantitative estimate of drug-likeness (QED) is 0.164. The Bertz CT molecular complexity index is 925. The molecule has 0 bridgehead atoms. The Balaban J connectivity index is 2.11. The van der Waals surface area contributed by atoms with Crippen molar-refractivity contribution < 1.29 is 55.5 Å². The molecule has 0 saturated carbocycles. The minimum absolute atomic E-state index is 0.0993. The average molecular weight is 424 g/mol. The van der Waals surface area contributed by atoms with E-state index in [-0.39, 0.29) is 11.3 Å². The predicted molar refractivity (Wildman–Crippen MR) is 97.4 cm³/mol. The fraction of sp³-hybridized carbons (Fsp3) is 0.316. The highest BCUT2D eigenvalue weighted by molar-refractivity contribution is 6.13. The molecule has 5 unspecified atom stereocenters. The molecule has 162 valence electrons. The van der Waals surface area contributed by atoms with E-state index in [1.165, 1.54) is 24.3 Å². The second-order valence-corrected chi connectivity index (χ2v) is 6.81. The molecule has 5 atom stereocenters. The molecule has 2 aromatic rings. The van der Waals surface area contributed by atoms with Crippen LogP contribution in [0.1, 0.15) is 27.6 Å². The summed E-state index contributed by atoms with van der Waals surface area (Å²) in [5.74, 6) is -5.70. The van der Waals surface area contributed by atoms with Crippen molar-refractivity contribution in [3.05, 3.63) is 41.0 Å². The van der Waals surface area contributed by atoms with E-state index in [4.69, 9.17) is 4.74 Å². The molecule has 11 nitrogen and oxygen atoms in total. The Morgan fingerprint density at radius 1 is 0.800 bits per heavy atom. The van der Waals surface area contributed by atoms with E-state index in [1.807, 2.05) is 0 Å². The van der Waals surface area contributed by atoms with E-state index in [2.05, 4.69) is 0 Å². The van der Waals surface area contributed by atoms with Crippen LogP contribution in [0.4, 0.5) is 0 Å². The zero-order valence-corrected chi connectivity index (χ0v) is 15.2. The molecule has 11 heteroatoms. The first-order chi connectivity index (χ1) is 14.1. The number of aromatic hydroxyl groups is 5. The number of phenolic OH excluding ortho intramolecular Hbond substituents is 5. The number of hydrogen-bond acceptors (Lipinski definition) is 11. The molecular weight excluding hydrogens is 404 g/mol. The van der Waals surface area contributed by atoms with Crippen molar-refractivity contribution >= 4 is 5.78 Å². The molecule has 0 aliphatic carbocycles. The highest BCUT2D eigenvalue weighted by atomic mass is 16.5. The van der Waals surface area contributed by atoms with Crippen LogP contribution < -0.4 is 0 Å². The van der Waals surface area contributed by atoms with Crippen molar-refractivity contribution in [1.29, 1.82) is 0 Å². The molecule has 1 aliphatic rings. The molecule has 2 aromatic carbocycles. The van der Waals surface area contributed by atoms with Gasteiger partial charge in [-0.05, 0) is 24.3 Å². The van der Waals surface area contributed by atoms with Crippen LogP contribution in [0.5, 0.6) is 28.7 Å². The number of benzene rings is 2. The maximum atomic E-state index is 12.6. The molecule has 30 heavy (non-hydrogen) atoms. The second kappa shape index (κ2) is 7.97. The third-order valence-electron chi connectivity index (χ3n) is 4.97. The van der Waals surface area contributed by atoms with E-state index in [1.54, 1.807) is 0 Å². The van der Waals surface area contributed by atoms with Crippen molar-refractivity contribution in [3.63, 3.8) is 0 Å². The number of aliphatic hydroxyl groups excluding tert-OH is 4. The maximum Gasteiger partial charge on any atom is 0.200 e. The number of hydrogen-bond donors (Lipinski definition) is 9. The number of ether oxygens (including phenoxy) is 1. The number of aliphatic hydroxyl groups is 4. The second-order valence-electron chi connectivity index (χ2n) is 6.81. The lowest BCUT2D eigenvalue weighted by atomic mass is 9.88. The first-order valence-electron chi connectivity index (χ1n) is 8.74. The van der Waals surface area contributed by atoms with E-state index in [0.717, 1.165) is 0 Å². The number of carbonyl (C=O) groups excluding carboxylic acids is 1. The van der Waals surface area contributed by atoms with Crippen LogP contribution in [0.2, 0.25) is 0 Å². The van der Waals surface area contributed by atoms with Crippen molar-refractivity contribution in [1.82, 2.24) is 0 Å². The molecule has 0 aromatic heterocycles. The van der Waals surface area contributed by atoms with Gasteiger partial charge < -0.3 is 50.7 Å². The first kappa shape index (κ1) is 21.6. The van der Waals surface area contributed by atoms with Gasteiger partial charge in [0.2, 0.25) is 5.78 Å². The van der Waals surface area contributed by atoms with Gasteiger partial charge in [0.25, 0.3) is 0 Å². The summed E-state index contributed by atoms with van der Waals surface area (Å²) in [6.07, 6.45) is -8.69. The summed E-state index contributed by atoms with van der Waals surface area (Å²) in [6, 6.07) is 4.69. The van der Waals surface area contributed by atoms with Crippen LogP contribution in [0.15, 0.2) is 24.3 Å².